The number of amides is 1. The predicted octanol–water partition coefficient (Wildman–Crippen LogP) is 5.59. The standard InChI is InChI=1S/C18H14Cl2F3N5O2.C6H5F/c19-9-5-11(16(29)12(20)6-9)17(30)25-10-3-4-27(8-10)15-2-1-14-24-7-13(18(21,22)23)28(14)26-15;7-6-4-2-1-3-5-6/h1-2,5-7,10,29H,3-4,8H2,(H,25,30);1-5H/t10-;/m0./s1. The molecule has 1 aliphatic rings. The Bertz CT molecular complexity index is 1420. The third-order valence-electron chi connectivity index (χ3n) is 5.49. The van der Waals surface area contributed by atoms with Gasteiger partial charge in [0.15, 0.2) is 11.3 Å². The van der Waals surface area contributed by atoms with Crippen molar-refractivity contribution < 1.29 is 27.5 Å². The number of anilines is 1. The summed E-state index contributed by atoms with van der Waals surface area (Å²) in [6.45, 7) is 0.803. The lowest BCUT2D eigenvalue weighted by Crippen LogP contribution is -2.37. The molecule has 0 unspecified atom stereocenters. The molecule has 0 radical (unpaired) electrons. The molecular formula is C24H19Cl2F4N5O2. The molecule has 0 saturated carbocycles. The predicted molar refractivity (Wildman–Crippen MR) is 131 cm³/mol. The Labute approximate surface area is 218 Å². The summed E-state index contributed by atoms with van der Waals surface area (Å²) >= 11 is 11.7. The smallest absolute Gasteiger partial charge is 0.435 e. The number of benzene rings is 2. The summed E-state index contributed by atoms with van der Waals surface area (Å²) < 4.78 is 52.0. The topological polar surface area (TPSA) is 82.8 Å². The van der Waals surface area contributed by atoms with E-state index in [2.05, 4.69) is 15.4 Å². The van der Waals surface area contributed by atoms with E-state index < -0.39 is 17.8 Å². The summed E-state index contributed by atoms with van der Waals surface area (Å²) in [6, 6.07) is 13.3. The maximum atomic E-state index is 13.1. The van der Waals surface area contributed by atoms with E-state index in [-0.39, 0.29) is 38.9 Å². The molecule has 13 heteroatoms. The minimum absolute atomic E-state index is 0.0426. The number of rotatable bonds is 3. The lowest BCUT2D eigenvalue weighted by Gasteiger charge is -2.18. The highest BCUT2D eigenvalue weighted by Gasteiger charge is 2.35. The van der Waals surface area contributed by atoms with Crippen LogP contribution in [0.25, 0.3) is 5.65 Å². The van der Waals surface area contributed by atoms with E-state index in [0.717, 1.165) is 10.7 Å². The van der Waals surface area contributed by atoms with Crippen LogP contribution in [0.4, 0.5) is 23.4 Å². The molecule has 0 bridgehead atoms. The number of hydrogen-bond donors (Lipinski definition) is 2. The number of aromatic nitrogens is 3. The Kier molecular flexibility index (Phi) is 7.74. The number of phenolic OH excluding ortho intramolecular Hbond substituents is 1. The highest BCUT2D eigenvalue weighted by molar-refractivity contribution is 6.36. The first-order valence-electron chi connectivity index (χ1n) is 10.9. The summed E-state index contributed by atoms with van der Waals surface area (Å²) in [7, 11) is 0. The van der Waals surface area contributed by atoms with Crippen LogP contribution in [0.1, 0.15) is 22.5 Å². The number of hydrogen-bond acceptors (Lipinski definition) is 5. The lowest BCUT2D eigenvalue weighted by molar-refractivity contribution is -0.142. The van der Waals surface area contributed by atoms with Crippen molar-refractivity contribution in [3.05, 3.63) is 87.9 Å². The van der Waals surface area contributed by atoms with Gasteiger partial charge in [0, 0.05) is 24.2 Å². The van der Waals surface area contributed by atoms with Crippen molar-refractivity contribution in [3.63, 3.8) is 0 Å². The van der Waals surface area contributed by atoms with Gasteiger partial charge in [-0.2, -0.15) is 13.2 Å². The molecule has 0 spiro atoms. The van der Waals surface area contributed by atoms with Crippen LogP contribution in [-0.4, -0.2) is 44.7 Å². The molecule has 1 amide bonds. The van der Waals surface area contributed by atoms with Gasteiger partial charge < -0.3 is 15.3 Å². The summed E-state index contributed by atoms with van der Waals surface area (Å²) in [5.41, 5.74) is -0.932. The normalized spacial score (nSPS) is 15.4. The Morgan fingerprint density at radius 3 is 2.49 bits per heavy atom. The second-order valence-electron chi connectivity index (χ2n) is 8.09. The molecule has 1 aliphatic heterocycles. The van der Waals surface area contributed by atoms with Crippen LogP contribution < -0.4 is 10.2 Å². The van der Waals surface area contributed by atoms with E-state index >= 15 is 0 Å². The van der Waals surface area contributed by atoms with Gasteiger partial charge in [0.25, 0.3) is 5.91 Å². The minimum atomic E-state index is -4.58. The van der Waals surface area contributed by atoms with Gasteiger partial charge in [-0.05, 0) is 42.8 Å². The Morgan fingerprint density at radius 1 is 1.11 bits per heavy atom. The highest BCUT2D eigenvalue weighted by atomic mass is 35.5. The van der Waals surface area contributed by atoms with Gasteiger partial charge in [0.2, 0.25) is 0 Å². The number of alkyl halides is 3. The molecule has 4 aromatic rings. The average molecular weight is 556 g/mol. The molecule has 3 heterocycles. The van der Waals surface area contributed by atoms with E-state index in [4.69, 9.17) is 23.2 Å². The van der Waals surface area contributed by atoms with Crippen LogP contribution in [-0.2, 0) is 6.18 Å². The monoisotopic (exact) mass is 555 g/mol. The fraction of sp³-hybridized carbons (Fsp3) is 0.208. The quantitative estimate of drug-likeness (QED) is 0.322. The molecule has 37 heavy (non-hydrogen) atoms. The van der Waals surface area contributed by atoms with E-state index in [1.54, 1.807) is 29.2 Å². The molecule has 2 aromatic heterocycles. The van der Waals surface area contributed by atoms with E-state index in [1.807, 2.05) is 0 Å². The van der Waals surface area contributed by atoms with Crippen LogP contribution in [0.3, 0.4) is 0 Å². The molecule has 1 saturated heterocycles. The number of fused-ring (bicyclic) bond motifs is 1. The van der Waals surface area contributed by atoms with E-state index in [9.17, 15) is 27.5 Å². The summed E-state index contributed by atoms with van der Waals surface area (Å²) in [4.78, 5) is 18.0. The first-order chi connectivity index (χ1) is 17.5. The van der Waals surface area contributed by atoms with Crippen molar-refractivity contribution in [1.29, 1.82) is 0 Å². The zero-order chi connectivity index (χ0) is 26.7. The number of nitrogens with one attached hydrogen (secondary N) is 1. The second kappa shape index (κ2) is 10.8. The van der Waals surface area contributed by atoms with Crippen molar-refractivity contribution in [2.24, 2.45) is 0 Å². The zero-order valence-corrected chi connectivity index (χ0v) is 20.4. The number of carbonyl (C=O) groups is 1. The maximum Gasteiger partial charge on any atom is 0.435 e. The van der Waals surface area contributed by atoms with Gasteiger partial charge in [0.1, 0.15) is 17.4 Å². The Morgan fingerprint density at radius 2 is 1.84 bits per heavy atom. The summed E-state index contributed by atoms with van der Waals surface area (Å²) in [5, 5.41) is 17.0. The second-order valence-corrected chi connectivity index (χ2v) is 8.93. The third-order valence-corrected chi connectivity index (χ3v) is 6.00. The van der Waals surface area contributed by atoms with Crippen LogP contribution in [0, 0.1) is 5.82 Å². The highest BCUT2D eigenvalue weighted by Crippen LogP contribution is 2.32. The van der Waals surface area contributed by atoms with Crippen molar-refractivity contribution in [2.75, 3.05) is 18.0 Å². The number of nitrogens with zero attached hydrogens (tertiary/aromatic N) is 4. The van der Waals surface area contributed by atoms with Gasteiger partial charge in [-0.1, -0.05) is 41.4 Å². The number of halogens is 6. The Balaban J connectivity index is 0.000000396. The molecule has 0 aliphatic carbocycles. The van der Waals surface area contributed by atoms with Gasteiger partial charge in [-0.3, -0.25) is 4.79 Å². The lowest BCUT2D eigenvalue weighted by atomic mass is 10.1. The van der Waals surface area contributed by atoms with Crippen molar-refractivity contribution in [3.8, 4) is 5.75 Å². The summed E-state index contributed by atoms with van der Waals surface area (Å²) in [6.07, 6.45) is -3.30. The number of carbonyl (C=O) groups excluding carboxylic acids is 1. The molecule has 194 valence electrons. The van der Waals surface area contributed by atoms with Gasteiger partial charge in [-0.25, -0.2) is 13.9 Å². The fourth-order valence-electron chi connectivity index (χ4n) is 3.73. The summed E-state index contributed by atoms with van der Waals surface area (Å²) in [5.74, 6) is -0.777. The van der Waals surface area contributed by atoms with E-state index in [0.29, 0.717) is 25.3 Å². The molecule has 1 atom stereocenters. The van der Waals surface area contributed by atoms with E-state index in [1.165, 1.54) is 30.3 Å². The largest absolute Gasteiger partial charge is 0.506 e. The van der Waals surface area contributed by atoms with Crippen molar-refractivity contribution in [2.45, 2.75) is 18.6 Å². The number of phenols is 1. The van der Waals surface area contributed by atoms with Crippen LogP contribution >= 0.6 is 23.2 Å². The molecule has 7 nitrogen and oxygen atoms in total. The molecule has 2 N–H and O–H groups in total. The number of imidazole rings is 1. The first kappa shape index (κ1) is 26.5. The SMILES string of the molecule is Fc1ccccc1.O=C(N[C@H]1CCN(c2ccc3ncc(C(F)(F)F)n3n2)C1)c1cc(Cl)cc(Cl)c1O. The van der Waals surface area contributed by atoms with Crippen molar-refractivity contribution in [1.82, 2.24) is 19.9 Å². The average Bonchev–Trinajstić information content (AvgIpc) is 3.49. The van der Waals surface area contributed by atoms with Crippen LogP contribution in [0.5, 0.6) is 5.75 Å². The van der Waals surface area contributed by atoms with Gasteiger partial charge in [-0.15, -0.1) is 5.10 Å². The zero-order valence-electron chi connectivity index (χ0n) is 18.9. The molecule has 2 aromatic carbocycles. The minimum Gasteiger partial charge on any atom is -0.506 e. The van der Waals surface area contributed by atoms with Crippen molar-refractivity contribution >= 4 is 40.6 Å². The van der Waals surface area contributed by atoms with Gasteiger partial charge in [0.05, 0.1) is 16.8 Å². The fourth-order valence-corrected chi connectivity index (χ4v) is 4.22. The number of aromatic hydroxyl groups is 1. The Hall–Kier alpha value is -3.57. The third kappa shape index (κ3) is 6.23. The molecule has 5 rings (SSSR count). The maximum absolute atomic E-state index is 13.1. The van der Waals surface area contributed by atoms with Gasteiger partial charge >= 0.3 is 6.18 Å². The molecular weight excluding hydrogens is 537 g/mol. The van der Waals surface area contributed by atoms with Crippen LogP contribution in [0.15, 0.2) is 60.8 Å². The first-order valence-corrected chi connectivity index (χ1v) is 11.6. The van der Waals surface area contributed by atoms with Crippen LogP contribution in [0.2, 0.25) is 10.0 Å². The molecule has 1 fully saturated rings.